The van der Waals surface area contributed by atoms with E-state index in [0.717, 1.165) is 47.2 Å². The van der Waals surface area contributed by atoms with Crippen molar-refractivity contribution in [2.45, 2.75) is 32.7 Å². The van der Waals surface area contributed by atoms with E-state index in [2.05, 4.69) is 25.0 Å². The van der Waals surface area contributed by atoms with Gasteiger partial charge in [0, 0.05) is 5.56 Å². The Hall–Kier alpha value is -3.58. The average molecular weight is 393 g/mol. The van der Waals surface area contributed by atoms with Gasteiger partial charge in [0.05, 0.1) is 16.8 Å². The maximum Gasteiger partial charge on any atom is 0.281 e. The molecule has 0 fully saturated rings. The molecule has 1 atom stereocenters. The number of hydrogen-bond acceptors (Lipinski definition) is 2. The third-order valence-electron chi connectivity index (χ3n) is 6.01. The van der Waals surface area contributed by atoms with E-state index in [0.29, 0.717) is 11.6 Å². The third kappa shape index (κ3) is 2.86. The molecule has 0 amide bonds. The molecule has 0 bridgehead atoms. The lowest BCUT2D eigenvalue weighted by Gasteiger charge is -2.24. The van der Waals surface area contributed by atoms with Crippen molar-refractivity contribution in [3.05, 3.63) is 82.1 Å². The van der Waals surface area contributed by atoms with Crippen LogP contribution in [0.1, 0.15) is 24.5 Å². The van der Waals surface area contributed by atoms with Crippen LogP contribution >= 0.6 is 0 Å². The van der Waals surface area contributed by atoms with E-state index < -0.39 is 0 Å². The number of pyridine rings is 1. The minimum atomic E-state index is -0.0376. The highest BCUT2D eigenvalue weighted by Gasteiger charge is 2.27. The molecule has 4 aromatic rings. The van der Waals surface area contributed by atoms with E-state index in [9.17, 15) is 4.79 Å². The van der Waals surface area contributed by atoms with Gasteiger partial charge < -0.3 is 0 Å². The maximum atomic E-state index is 13.7. The molecule has 2 heterocycles. The van der Waals surface area contributed by atoms with Gasteiger partial charge in [-0.1, -0.05) is 61.4 Å². The minimum Gasteiger partial charge on any atom is -0.267 e. The summed E-state index contributed by atoms with van der Waals surface area (Å²) in [6.07, 6.45) is 8.60. The van der Waals surface area contributed by atoms with Gasteiger partial charge in [-0.05, 0) is 48.4 Å². The molecule has 148 valence electrons. The fourth-order valence-corrected chi connectivity index (χ4v) is 4.61. The van der Waals surface area contributed by atoms with Crippen LogP contribution in [0.2, 0.25) is 0 Å². The number of para-hydroxylation sites is 1. The summed E-state index contributed by atoms with van der Waals surface area (Å²) in [7, 11) is 0. The molecular weight excluding hydrogens is 370 g/mol. The van der Waals surface area contributed by atoms with Crippen molar-refractivity contribution in [1.29, 1.82) is 0 Å². The molecule has 0 radical (unpaired) electrons. The Morgan fingerprint density at radius 3 is 2.47 bits per heavy atom. The normalized spacial score (nSPS) is 15.7. The number of terminal acetylenes is 1. The van der Waals surface area contributed by atoms with Crippen LogP contribution in [0.15, 0.2) is 65.5 Å². The lowest BCUT2D eigenvalue weighted by atomic mass is 9.82. The van der Waals surface area contributed by atoms with Crippen molar-refractivity contribution < 1.29 is 0 Å². The first-order valence-electron chi connectivity index (χ1n) is 10.4. The summed E-state index contributed by atoms with van der Waals surface area (Å²) < 4.78 is 3.53. The van der Waals surface area contributed by atoms with Gasteiger partial charge in [0.2, 0.25) is 0 Å². The van der Waals surface area contributed by atoms with Gasteiger partial charge in [-0.15, -0.1) is 6.42 Å². The largest absolute Gasteiger partial charge is 0.281 e. The zero-order valence-corrected chi connectivity index (χ0v) is 17.0. The van der Waals surface area contributed by atoms with Crippen molar-refractivity contribution in [3.8, 4) is 29.3 Å². The van der Waals surface area contributed by atoms with Crippen LogP contribution in [0.3, 0.4) is 0 Å². The Kier molecular flexibility index (Phi) is 4.52. The predicted octanol–water partition coefficient (Wildman–Crippen LogP) is 4.61. The van der Waals surface area contributed by atoms with Crippen molar-refractivity contribution in [1.82, 2.24) is 14.3 Å². The van der Waals surface area contributed by atoms with E-state index in [4.69, 9.17) is 11.4 Å². The molecule has 0 spiro atoms. The minimum absolute atomic E-state index is 0.0376. The predicted molar refractivity (Wildman–Crippen MR) is 121 cm³/mol. The molecule has 30 heavy (non-hydrogen) atoms. The number of aryl methyl sites for hydroxylation is 1. The van der Waals surface area contributed by atoms with Crippen molar-refractivity contribution in [3.63, 3.8) is 0 Å². The molecule has 0 saturated carbocycles. The molecule has 1 aliphatic rings. The molecule has 1 aliphatic carbocycles. The Morgan fingerprint density at radius 1 is 1.07 bits per heavy atom. The maximum absolute atomic E-state index is 13.7. The first-order chi connectivity index (χ1) is 14.7. The highest BCUT2D eigenvalue weighted by atomic mass is 16.1. The van der Waals surface area contributed by atoms with Crippen molar-refractivity contribution in [2.24, 2.45) is 5.92 Å². The van der Waals surface area contributed by atoms with Crippen LogP contribution in [0.25, 0.3) is 28.0 Å². The van der Waals surface area contributed by atoms with Gasteiger partial charge in [-0.2, -0.15) is 0 Å². The summed E-state index contributed by atoms with van der Waals surface area (Å²) in [5.74, 6) is 3.28. The highest BCUT2D eigenvalue weighted by molar-refractivity contribution is 5.86. The van der Waals surface area contributed by atoms with Gasteiger partial charge in [0.1, 0.15) is 6.54 Å². The summed E-state index contributed by atoms with van der Waals surface area (Å²) in [5, 5.41) is 0.718. The third-order valence-corrected chi connectivity index (χ3v) is 6.01. The monoisotopic (exact) mass is 393 g/mol. The number of nitrogens with zero attached hydrogens (tertiary/aromatic N) is 3. The molecule has 4 nitrogen and oxygen atoms in total. The zero-order valence-electron chi connectivity index (χ0n) is 17.0. The highest BCUT2D eigenvalue weighted by Crippen LogP contribution is 2.36. The summed E-state index contributed by atoms with van der Waals surface area (Å²) in [5.41, 5.74) is 5.84. The molecule has 5 rings (SSSR count). The Balaban J connectivity index is 1.91. The topological polar surface area (TPSA) is 39.8 Å². The fraction of sp³-hybridized carbons (Fsp3) is 0.231. The van der Waals surface area contributed by atoms with E-state index in [-0.39, 0.29) is 12.1 Å². The Labute approximate surface area is 175 Å². The van der Waals surface area contributed by atoms with E-state index in [1.807, 2.05) is 53.2 Å². The van der Waals surface area contributed by atoms with Crippen molar-refractivity contribution >= 4 is 11.0 Å². The quantitative estimate of drug-likeness (QED) is 0.477. The van der Waals surface area contributed by atoms with E-state index in [1.54, 1.807) is 4.68 Å². The summed E-state index contributed by atoms with van der Waals surface area (Å²) in [6.45, 7) is 2.55. The molecule has 0 unspecified atom stereocenters. The summed E-state index contributed by atoms with van der Waals surface area (Å²) in [4.78, 5) is 18.7. The smallest absolute Gasteiger partial charge is 0.267 e. The first kappa shape index (κ1) is 18.4. The van der Waals surface area contributed by atoms with Gasteiger partial charge in [0.15, 0.2) is 5.65 Å². The second-order valence-electron chi connectivity index (χ2n) is 8.04. The second-order valence-corrected chi connectivity index (χ2v) is 8.04. The Bertz CT molecular complexity index is 1320. The number of benzene rings is 2. The lowest BCUT2D eigenvalue weighted by Crippen LogP contribution is -2.21. The van der Waals surface area contributed by atoms with Crippen LogP contribution in [-0.2, 0) is 19.4 Å². The van der Waals surface area contributed by atoms with Gasteiger partial charge in [-0.25, -0.2) is 14.3 Å². The molecule has 4 heteroatoms. The van der Waals surface area contributed by atoms with Gasteiger partial charge in [-0.3, -0.25) is 4.79 Å². The Morgan fingerprint density at radius 2 is 1.77 bits per heavy atom. The fourth-order valence-electron chi connectivity index (χ4n) is 4.61. The number of rotatable bonds is 3. The molecule has 0 N–H and O–H groups in total. The van der Waals surface area contributed by atoms with E-state index >= 15 is 0 Å². The second kappa shape index (κ2) is 7.35. The van der Waals surface area contributed by atoms with Crippen LogP contribution in [0.5, 0.6) is 0 Å². The summed E-state index contributed by atoms with van der Waals surface area (Å²) >= 11 is 0. The first-order valence-corrected chi connectivity index (χ1v) is 10.4. The summed E-state index contributed by atoms with van der Waals surface area (Å²) in [6, 6.07) is 19.9. The van der Waals surface area contributed by atoms with Gasteiger partial charge >= 0.3 is 0 Å². The molecule has 0 saturated heterocycles. The number of hydrogen-bond donors (Lipinski definition) is 0. The lowest BCUT2D eigenvalue weighted by molar-refractivity contribution is 0.503. The number of fused-ring (bicyclic) bond motifs is 3. The van der Waals surface area contributed by atoms with Crippen LogP contribution in [0.4, 0.5) is 0 Å². The average Bonchev–Trinajstić information content (AvgIpc) is 3.06. The number of aromatic nitrogens is 3. The standard InChI is InChI=1S/C26H23N3O/c1-3-16-28-25-23(26(30)29(28)20-12-8-5-9-13-20)21-15-14-18(2)17-22(21)24(27-25)19-10-6-4-7-11-19/h1,4-13,18H,14-17H2,2H3/t18-/m1/s1. The van der Waals surface area contributed by atoms with E-state index in [1.165, 1.54) is 5.56 Å². The zero-order chi connectivity index (χ0) is 20.7. The van der Waals surface area contributed by atoms with Crippen LogP contribution in [-0.4, -0.2) is 14.3 Å². The van der Waals surface area contributed by atoms with Crippen LogP contribution < -0.4 is 5.56 Å². The van der Waals surface area contributed by atoms with Crippen molar-refractivity contribution in [2.75, 3.05) is 0 Å². The molecular formula is C26H23N3O. The molecule has 0 aliphatic heterocycles. The molecule has 2 aromatic heterocycles. The van der Waals surface area contributed by atoms with Gasteiger partial charge in [0.25, 0.3) is 5.56 Å². The SMILES string of the molecule is C#CCn1c2nc(-c3ccccc3)c3c(c2c(=O)n1-c1ccccc1)CC[C@@H](C)C3. The van der Waals surface area contributed by atoms with Crippen LogP contribution in [0, 0.1) is 18.3 Å². The molecule has 2 aromatic carbocycles.